The molecule has 4 rings (SSSR count). The van der Waals surface area contributed by atoms with Crippen LogP contribution < -0.4 is 10.6 Å². The van der Waals surface area contributed by atoms with E-state index in [4.69, 9.17) is 32.8 Å². The van der Waals surface area contributed by atoms with Crippen molar-refractivity contribution in [2.24, 2.45) is 5.14 Å². The summed E-state index contributed by atoms with van der Waals surface area (Å²) in [5, 5.41) is 5.56. The van der Waals surface area contributed by atoms with Gasteiger partial charge in [-0.25, -0.2) is 13.6 Å². The van der Waals surface area contributed by atoms with Gasteiger partial charge in [0.2, 0.25) is 15.5 Å². The third kappa shape index (κ3) is 3.36. The molecule has 2 heterocycles. The van der Waals surface area contributed by atoms with Crippen molar-refractivity contribution >= 4 is 55.5 Å². The molecule has 2 aromatic heterocycles. The molecule has 0 aliphatic rings. The van der Waals surface area contributed by atoms with Crippen molar-refractivity contribution < 1.29 is 12.8 Å². The molecule has 0 saturated carbocycles. The van der Waals surface area contributed by atoms with Crippen LogP contribution in [0.2, 0.25) is 8.67 Å². The van der Waals surface area contributed by atoms with E-state index in [2.05, 4.69) is 0 Å². The first-order valence-corrected chi connectivity index (χ1v) is 11.0. The van der Waals surface area contributed by atoms with Gasteiger partial charge in [0, 0.05) is 11.1 Å². The van der Waals surface area contributed by atoms with E-state index >= 15 is 0 Å². The SMILES string of the molecule is NS(=O)(=O)c1ccc(-c2oc3ccccc3c(=O)c2-c2cc(Cl)sc2Cl)cc1. The molecule has 0 amide bonds. The van der Waals surface area contributed by atoms with Gasteiger partial charge in [0.25, 0.3) is 0 Å². The van der Waals surface area contributed by atoms with Crippen LogP contribution in [0.15, 0.2) is 68.7 Å². The fraction of sp³-hybridized carbons (Fsp3) is 0. The average molecular weight is 452 g/mol. The lowest BCUT2D eigenvalue weighted by molar-refractivity contribution is 0.597. The summed E-state index contributed by atoms with van der Waals surface area (Å²) in [5.41, 5.74) is 1.36. The fourth-order valence-electron chi connectivity index (χ4n) is 2.90. The molecular weight excluding hydrogens is 441 g/mol. The Hall–Kier alpha value is -2.16. The predicted molar refractivity (Wildman–Crippen MR) is 113 cm³/mol. The largest absolute Gasteiger partial charge is 0.455 e. The summed E-state index contributed by atoms with van der Waals surface area (Å²) in [6, 6.07) is 14.2. The van der Waals surface area contributed by atoms with E-state index in [-0.39, 0.29) is 21.6 Å². The summed E-state index contributed by atoms with van der Waals surface area (Å²) < 4.78 is 29.9. The van der Waals surface area contributed by atoms with Crippen LogP contribution >= 0.6 is 34.5 Å². The van der Waals surface area contributed by atoms with Crippen LogP contribution in [0.4, 0.5) is 0 Å². The van der Waals surface area contributed by atoms with Gasteiger partial charge in [0.05, 0.1) is 20.2 Å². The van der Waals surface area contributed by atoms with Gasteiger partial charge in [-0.2, -0.15) is 0 Å². The smallest absolute Gasteiger partial charge is 0.238 e. The number of rotatable bonds is 3. The number of nitrogens with two attached hydrogens (primary N) is 1. The number of para-hydroxylation sites is 1. The maximum absolute atomic E-state index is 13.2. The zero-order chi connectivity index (χ0) is 20.1. The normalized spacial score (nSPS) is 11.8. The number of primary sulfonamides is 1. The third-order valence-corrected chi connectivity index (χ3v) is 6.59. The second kappa shape index (κ2) is 7.02. The quantitative estimate of drug-likeness (QED) is 0.466. The van der Waals surface area contributed by atoms with E-state index in [0.29, 0.717) is 30.8 Å². The standard InChI is InChI=1S/C19H11Cl2NO4S2/c20-15-9-13(19(21)27-15)16-17(23)12-3-1-2-4-14(12)26-18(16)10-5-7-11(8-6-10)28(22,24)25/h1-9H,(H2,22,24,25). The molecule has 0 atom stereocenters. The zero-order valence-electron chi connectivity index (χ0n) is 14.0. The van der Waals surface area contributed by atoms with E-state index in [9.17, 15) is 13.2 Å². The topological polar surface area (TPSA) is 90.4 Å². The molecule has 0 fully saturated rings. The highest BCUT2D eigenvalue weighted by Gasteiger charge is 2.22. The van der Waals surface area contributed by atoms with Crippen LogP contribution in [-0.4, -0.2) is 8.42 Å². The van der Waals surface area contributed by atoms with Crippen LogP contribution in [0.1, 0.15) is 0 Å². The van der Waals surface area contributed by atoms with E-state index in [0.717, 1.165) is 11.3 Å². The van der Waals surface area contributed by atoms with Crippen molar-refractivity contribution in [1.82, 2.24) is 0 Å². The summed E-state index contributed by atoms with van der Waals surface area (Å²) in [6.45, 7) is 0. The highest BCUT2D eigenvalue weighted by molar-refractivity contribution is 7.89. The maximum atomic E-state index is 13.2. The molecule has 4 aromatic rings. The van der Waals surface area contributed by atoms with Crippen LogP contribution in [0.25, 0.3) is 33.4 Å². The Morgan fingerprint density at radius 3 is 2.29 bits per heavy atom. The lowest BCUT2D eigenvalue weighted by Crippen LogP contribution is -2.12. The second-order valence-electron chi connectivity index (χ2n) is 5.94. The lowest BCUT2D eigenvalue weighted by Gasteiger charge is -2.10. The van der Waals surface area contributed by atoms with Crippen LogP contribution in [0, 0.1) is 0 Å². The number of fused-ring (bicyclic) bond motifs is 1. The minimum atomic E-state index is -3.84. The monoisotopic (exact) mass is 451 g/mol. The number of sulfonamides is 1. The summed E-state index contributed by atoms with van der Waals surface area (Å²) in [6.07, 6.45) is 0. The molecule has 142 valence electrons. The lowest BCUT2D eigenvalue weighted by atomic mass is 10.0. The summed E-state index contributed by atoms with van der Waals surface area (Å²) in [4.78, 5) is 13.2. The molecule has 0 bridgehead atoms. The van der Waals surface area contributed by atoms with E-state index in [1.165, 1.54) is 24.3 Å². The van der Waals surface area contributed by atoms with Gasteiger partial charge in [-0.05, 0) is 42.5 Å². The Bertz CT molecular complexity index is 1370. The molecule has 5 nitrogen and oxygen atoms in total. The van der Waals surface area contributed by atoms with Crippen LogP contribution in [0.5, 0.6) is 0 Å². The van der Waals surface area contributed by atoms with Gasteiger partial charge in [-0.1, -0.05) is 35.3 Å². The molecular formula is C19H11Cl2NO4S2. The van der Waals surface area contributed by atoms with E-state index in [1.807, 2.05) is 0 Å². The van der Waals surface area contributed by atoms with Crippen molar-refractivity contribution in [3.8, 4) is 22.5 Å². The molecule has 28 heavy (non-hydrogen) atoms. The van der Waals surface area contributed by atoms with Gasteiger partial charge in [-0.3, -0.25) is 4.79 Å². The van der Waals surface area contributed by atoms with Crippen molar-refractivity contribution in [2.45, 2.75) is 4.90 Å². The van der Waals surface area contributed by atoms with Crippen molar-refractivity contribution in [3.63, 3.8) is 0 Å². The first-order valence-electron chi connectivity index (χ1n) is 7.90. The minimum Gasteiger partial charge on any atom is -0.455 e. The predicted octanol–water partition coefficient (Wildman–Crippen LogP) is 5.14. The number of hydrogen-bond donors (Lipinski definition) is 1. The Labute approximate surface area is 174 Å². The highest BCUT2D eigenvalue weighted by atomic mass is 35.5. The maximum Gasteiger partial charge on any atom is 0.238 e. The first-order chi connectivity index (χ1) is 13.3. The molecule has 0 aliphatic carbocycles. The Morgan fingerprint density at radius 1 is 1.00 bits per heavy atom. The fourth-order valence-corrected chi connectivity index (χ4v) is 4.89. The van der Waals surface area contributed by atoms with Gasteiger partial charge >= 0.3 is 0 Å². The molecule has 0 saturated heterocycles. The summed E-state index contributed by atoms with van der Waals surface area (Å²) >= 11 is 13.5. The first kappa shape index (κ1) is 19.2. The number of benzene rings is 2. The van der Waals surface area contributed by atoms with E-state index in [1.54, 1.807) is 30.3 Å². The Morgan fingerprint density at radius 2 is 1.68 bits per heavy atom. The average Bonchev–Trinajstić information content (AvgIpc) is 2.99. The molecule has 0 radical (unpaired) electrons. The summed E-state index contributed by atoms with van der Waals surface area (Å²) in [7, 11) is -3.84. The minimum absolute atomic E-state index is 0.0439. The van der Waals surface area contributed by atoms with Crippen LogP contribution in [-0.2, 0) is 10.0 Å². The van der Waals surface area contributed by atoms with Gasteiger partial charge in [-0.15, -0.1) is 11.3 Å². The molecule has 2 aromatic carbocycles. The molecule has 2 N–H and O–H groups in total. The van der Waals surface area contributed by atoms with Gasteiger partial charge in [0.15, 0.2) is 0 Å². The van der Waals surface area contributed by atoms with Crippen molar-refractivity contribution in [3.05, 3.63) is 73.5 Å². The third-order valence-electron chi connectivity index (χ3n) is 4.17. The molecule has 0 unspecified atom stereocenters. The number of hydrogen-bond acceptors (Lipinski definition) is 5. The number of halogens is 2. The Kier molecular flexibility index (Phi) is 4.81. The van der Waals surface area contributed by atoms with Crippen molar-refractivity contribution in [1.29, 1.82) is 0 Å². The molecule has 0 aliphatic heterocycles. The molecule has 0 spiro atoms. The summed E-state index contributed by atoms with van der Waals surface area (Å²) in [5.74, 6) is 0.265. The zero-order valence-corrected chi connectivity index (χ0v) is 17.1. The Balaban J connectivity index is 2.06. The number of thiophene rings is 1. The second-order valence-corrected chi connectivity index (χ2v) is 9.79. The van der Waals surface area contributed by atoms with E-state index < -0.39 is 10.0 Å². The highest BCUT2D eigenvalue weighted by Crippen LogP contribution is 2.41. The van der Waals surface area contributed by atoms with Crippen molar-refractivity contribution in [2.75, 3.05) is 0 Å². The molecule has 9 heteroatoms. The van der Waals surface area contributed by atoms with Gasteiger partial charge < -0.3 is 4.42 Å². The van der Waals surface area contributed by atoms with Crippen LogP contribution in [0.3, 0.4) is 0 Å². The van der Waals surface area contributed by atoms with Gasteiger partial charge in [0.1, 0.15) is 15.7 Å².